The van der Waals surface area contributed by atoms with Crippen LogP contribution in [0.5, 0.6) is 5.88 Å². The second kappa shape index (κ2) is 9.36. The number of carboxylic acids is 1. The number of oxime groups is 1. The number of aryl methyl sites for hydroxylation is 1. The van der Waals surface area contributed by atoms with Gasteiger partial charge in [-0.25, -0.2) is 14.8 Å². The van der Waals surface area contributed by atoms with Gasteiger partial charge in [0.15, 0.2) is 0 Å². The average molecular weight is 359 g/mol. The normalized spacial score (nSPS) is 15.6. The number of nitrogens with zero attached hydrogens (tertiary/aromatic N) is 3. The zero-order valence-electron chi connectivity index (χ0n) is 14.9. The second-order valence-corrected chi connectivity index (χ2v) is 5.40. The first-order valence-corrected chi connectivity index (χ1v) is 8.09. The Balaban J connectivity index is 2.28. The van der Waals surface area contributed by atoms with Crippen LogP contribution >= 0.6 is 0 Å². The minimum Gasteiger partial charge on any atom is -0.503 e. The molecule has 0 fully saturated rings. The number of allylic oxidation sites excluding steroid dienone is 4. The number of hydrogen-bond acceptors (Lipinski definition) is 7. The molecule has 2 rings (SSSR count). The third-order valence-corrected chi connectivity index (χ3v) is 3.37. The lowest BCUT2D eigenvalue weighted by molar-refractivity contribution is -0.130. The van der Waals surface area contributed by atoms with Gasteiger partial charge >= 0.3 is 5.97 Å². The van der Waals surface area contributed by atoms with Crippen LogP contribution in [0.15, 0.2) is 41.7 Å². The van der Waals surface area contributed by atoms with Gasteiger partial charge in [0.2, 0.25) is 5.88 Å². The van der Waals surface area contributed by atoms with Crippen LogP contribution in [0, 0.1) is 6.92 Å². The molecule has 0 saturated heterocycles. The van der Waals surface area contributed by atoms with Crippen molar-refractivity contribution >= 4 is 17.3 Å². The third-order valence-electron chi connectivity index (χ3n) is 3.37. The van der Waals surface area contributed by atoms with Gasteiger partial charge in [0.25, 0.3) is 0 Å². The molecule has 0 radical (unpaired) electrons. The van der Waals surface area contributed by atoms with Crippen molar-refractivity contribution in [2.24, 2.45) is 5.16 Å². The van der Waals surface area contributed by atoms with E-state index in [0.29, 0.717) is 30.2 Å². The predicted octanol–water partition coefficient (Wildman–Crippen LogP) is 2.86. The standard InChI is InChI=1S/C18H21N3O5/c1-4-8-25-21-13-6-5-7-14(9-13)26-17-16(12(2)19-11-20-17)15(10-24-3)18(22)23/h5-7,10-11H,4,8-9H2,1-3H3,(H,22,23). The van der Waals surface area contributed by atoms with Gasteiger partial charge in [-0.15, -0.1) is 0 Å². The molecule has 0 spiro atoms. The molecule has 138 valence electrons. The van der Waals surface area contributed by atoms with Crippen molar-refractivity contribution in [2.45, 2.75) is 26.7 Å². The maximum absolute atomic E-state index is 11.6. The van der Waals surface area contributed by atoms with E-state index in [1.165, 1.54) is 13.4 Å². The fraction of sp³-hybridized carbons (Fsp3) is 0.333. The van der Waals surface area contributed by atoms with Crippen LogP contribution in [0.2, 0.25) is 0 Å². The minimum atomic E-state index is -1.16. The molecule has 1 aromatic heterocycles. The van der Waals surface area contributed by atoms with Crippen LogP contribution in [0.1, 0.15) is 31.0 Å². The molecule has 1 aliphatic carbocycles. The van der Waals surface area contributed by atoms with Gasteiger partial charge < -0.3 is 19.4 Å². The maximum Gasteiger partial charge on any atom is 0.339 e. The molecule has 26 heavy (non-hydrogen) atoms. The van der Waals surface area contributed by atoms with Crippen molar-refractivity contribution in [2.75, 3.05) is 13.7 Å². The summed E-state index contributed by atoms with van der Waals surface area (Å²) in [6.45, 7) is 4.21. The van der Waals surface area contributed by atoms with Crippen molar-refractivity contribution in [3.8, 4) is 5.88 Å². The summed E-state index contributed by atoms with van der Waals surface area (Å²) in [6, 6.07) is 0. The summed E-state index contributed by atoms with van der Waals surface area (Å²) >= 11 is 0. The van der Waals surface area contributed by atoms with Crippen LogP contribution in [0.3, 0.4) is 0 Å². The fourth-order valence-electron chi connectivity index (χ4n) is 2.21. The third kappa shape index (κ3) is 4.92. The fourth-order valence-corrected chi connectivity index (χ4v) is 2.21. The molecule has 0 unspecified atom stereocenters. The minimum absolute atomic E-state index is 0.0901. The van der Waals surface area contributed by atoms with Crippen LogP contribution in [-0.2, 0) is 14.4 Å². The van der Waals surface area contributed by atoms with Crippen LogP contribution in [-0.4, -0.2) is 40.5 Å². The Labute approximate surface area is 151 Å². The van der Waals surface area contributed by atoms with E-state index in [4.69, 9.17) is 14.3 Å². The zero-order chi connectivity index (χ0) is 18.9. The Bertz CT molecular complexity index is 781. The van der Waals surface area contributed by atoms with Gasteiger partial charge in [0.05, 0.1) is 36.8 Å². The summed E-state index contributed by atoms with van der Waals surface area (Å²) in [7, 11) is 1.37. The van der Waals surface area contributed by atoms with E-state index < -0.39 is 5.97 Å². The first kappa shape index (κ1) is 19.2. The average Bonchev–Trinajstić information content (AvgIpc) is 2.61. The molecule has 8 heteroatoms. The largest absolute Gasteiger partial charge is 0.503 e. The van der Waals surface area contributed by atoms with Crippen molar-refractivity contribution < 1.29 is 24.2 Å². The molecule has 1 aromatic rings. The van der Waals surface area contributed by atoms with Gasteiger partial charge in [-0.05, 0) is 25.5 Å². The Kier molecular flexibility index (Phi) is 6.90. The number of carbonyl (C=O) groups is 1. The number of rotatable bonds is 8. The molecular formula is C18H21N3O5. The first-order chi connectivity index (χ1) is 12.6. The van der Waals surface area contributed by atoms with E-state index in [9.17, 15) is 9.90 Å². The van der Waals surface area contributed by atoms with Crippen LogP contribution in [0.25, 0.3) is 5.57 Å². The Morgan fingerprint density at radius 1 is 1.42 bits per heavy atom. The van der Waals surface area contributed by atoms with Gasteiger partial charge in [-0.2, -0.15) is 0 Å². The highest BCUT2D eigenvalue weighted by atomic mass is 16.6. The lowest BCUT2D eigenvalue weighted by Gasteiger charge is -2.15. The van der Waals surface area contributed by atoms with E-state index in [2.05, 4.69) is 15.1 Å². The molecule has 1 N–H and O–H groups in total. The lowest BCUT2D eigenvalue weighted by atomic mass is 10.1. The highest BCUT2D eigenvalue weighted by molar-refractivity contribution is 6.16. The monoisotopic (exact) mass is 359 g/mol. The van der Waals surface area contributed by atoms with E-state index in [-0.39, 0.29) is 17.0 Å². The Hall–Kier alpha value is -3.16. The topological polar surface area (TPSA) is 103 Å². The molecule has 0 atom stereocenters. The summed E-state index contributed by atoms with van der Waals surface area (Å²) in [5.41, 5.74) is 1.34. The van der Waals surface area contributed by atoms with Gasteiger partial charge in [0, 0.05) is 0 Å². The van der Waals surface area contributed by atoms with Crippen LogP contribution < -0.4 is 4.74 Å². The SMILES string of the molecule is CCCON=C1C=CC=C(Oc2ncnc(C)c2C(=COC)C(=O)O)C1. The van der Waals surface area contributed by atoms with Crippen molar-refractivity contribution in [1.82, 2.24) is 9.97 Å². The highest BCUT2D eigenvalue weighted by Crippen LogP contribution is 2.29. The predicted molar refractivity (Wildman–Crippen MR) is 95.5 cm³/mol. The van der Waals surface area contributed by atoms with E-state index in [0.717, 1.165) is 12.7 Å². The number of ether oxygens (including phenoxy) is 2. The molecule has 0 aromatic carbocycles. The summed E-state index contributed by atoms with van der Waals surface area (Å²) in [5, 5.41) is 13.5. The van der Waals surface area contributed by atoms with Crippen molar-refractivity contribution in [3.05, 3.63) is 47.8 Å². The van der Waals surface area contributed by atoms with E-state index >= 15 is 0 Å². The molecule has 0 aliphatic heterocycles. The number of aromatic nitrogens is 2. The quantitative estimate of drug-likeness (QED) is 0.329. The van der Waals surface area contributed by atoms with E-state index in [1.54, 1.807) is 19.1 Å². The van der Waals surface area contributed by atoms with E-state index in [1.807, 2.05) is 13.0 Å². The van der Waals surface area contributed by atoms with Crippen LogP contribution in [0.4, 0.5) is 0 Å². The number of hydrogen-bond donors (Lipinski definition) is 1. The second-order valence-electron chi connectivity index (χ2n) is 5.40. The zero-order valence-corrected chi connectivity index (χ0v) is 14.9. The molecule has 1 heterocycles. The first-order valence-electron chi connectivity index (χ1n) is 8.09. The van der Waals surface area contributed by atoms with Gasteiger partial charge in [-0.3, -0.25) is 0 Å². The summed E-state index contributed by atoms with van der Waals surface area (Å²) in [5.74, 6) is -0.464. The molecule has 0 saturated carbocycles. The summed E-state index contributed by atoms with van der Waals surface area (Å²) in [6.07, 6.45) is 9.08. The number of aliphatic carboxylic acids is 1. The van der Waals surface area contributed by atoms with Gasteiger partial charge in [-0.1, -0.05) is 18.2 Å². The van der Waals surface area contributed by atoms with Crippen molar-refractivity contribution in [3.63, 3.8) is 0 Å². The molecule has 0 amide bonds. The molecule has 1 aliphatic rings. The Morgan fingerprint density at radius 2 is 2.23 bits per heavy atom. The number of carboxylic acid groups (broad SMARTS) is 1. The molecule has 8 nitrogen and oxygen atoms in total. The van der Waals surface area contributed by atoms with Gasteiger partial charge in [0.1, 0.15) is 24.3 Å². The molecule has 0 bridgehead atoms. The summed E-state index contributed by atoms with van der Waals surface area (Å²) in [4.78, 5) is 24.9. The smallest absolute Gasteiger partial charge is 0.339 e. The molecular weight excluding hydrogens is 338 g/mol. The lowest BCUT2D eigenvalue weighted by Crippen LogP contribution is -2.11. The summed E-state index contributed by atoms with van der Waals surface area (Å²) < 4.78 is 10.7. The highest BCUT2D eigenvalue weighted by Gasteiger charge is 2.22. The maximum atomic E-state index is 11.6. The Morgan fingerprint density at radius 3 is 2.92 bits per heavy atom. The van der Waals surface area contributed by atoms with Crippen molar-refractivity contribution in [1.29, 1.82) is 0 Å². The number of methoxy groups -OCH3 is 1.